The Hall–Kier alpha value is -1.45. The van der Waals surface area contributed by atoms with Crippen molar-refractivity contribution in [3.8, 4) is 5.75 Å². The Balaban J connectivity index is 0.00000341. The molecule has 1 aliphatic rings. The third-order valence-electron chi connectivity index (χ3n) is 5.87. The number of methoxy groups -OCH3 is 1. The largest absolute Gasteiger partial charge is 0.497 e. The first-order valence-corrected chi connectivity index (χ1v) is 10.9. The minimum absolute atomic E-state index is 0. The Kier molecular flexibility index (Phi) is 10.4. The summed E-state index contributed by atoms with van der Waals surface area (Å²) in [5, 5.41) is 4.33. The predicted molar refractivity (Wildman–Crippen MR) is 140 cm³/mol. The molecule has 0 radical (unpaired) electrons. The van der Waals surface area contributed by atoms with Gasteiger partial charge in [0.05, 0.1) is 18.7 Å². The molecule has 1 aliphatic heterocycles. The van der Waals surface area contributed by atoms with Crippen molar-refractivity contribution in [1.29, 1.82) is 0 Å². The van der Waals surface area contributed by atoms with Crippen molar-refractivity contribution in [3.63, 3.8) is 0 Å². The molecule has 6 nitrogen and oxygen atoms in total. The van der Waals surface area contributed by atoms with E-state index in [1.54, 1.807) is 7.11 Å². The van der Waals surface area contributed by atoms with Crippen molar-refractivity contribution < 1.29 is 4.74 Å². The molecule has 8 heteroatoms. The molecule has 2 heterocycles. The molecule has 1 aromatic carbocycles. The van der Waals surface area contributed by atoms with Gasteiger partial charge in [0.15, 0.2) is 5.96 Å². The van der Waals surface area contributed by atoms with Crippen LogP contribution in [-0.2, 0) is 20.1 Å². The Bertz CT molecular complexity index is 831. The van der Waals surface area contributed by atoms with Gasteiger partial charge in [-0.1, -0.05) is 23.7 Å². The van der Waals surface area contributed by atoms with Crippen LogP contribution in [0.25, 0.3) is 0 Å². The van der Waals surface area contributed by atoms with Gasteiger partial charge in [-0.15, -0.1) is 24.0 Å². The van der Waals surface area contributed by atoms with Crippen molar-refractivity contribution in [2.75, 3.05) is 40.8 Å². The van der Waals surface area contributed by atoms with Gasteiger partial charge >= 0.3 is 0 Å². The second kappa shape index (κ2) is 12.6. The summed E-state index contributed by atoms with van der Waals surface area (Å²) in [6, 6.07) is 10.4. The zero-order valence-corrected chi connectivity index (χ0v) is 22.1. The number of aryl methyl sites for hydroxylation is 1. The number of aromatic nitrogens is 1. The lowest BCUT2D eigenvalue weighted by Crippen LogP contribution is -2.43. The maximum atomic E-state index is 6.11. The van der Waals surface area contributed by atoms with Gasteiger partial charge in [-0.05, 0) is 55.6 Å². The van der Waals surface area contributed by atoms with E-state index in [-0.39, 0.29) is 24.0 Å². The fourth-order valence-electron chi connectivity index (χ4n) is 4.00. The van der Waals surface area contributed by atoms with Crippen LogP contribution < -0.4 is 10.1 Å². The van der Waals surface area contributed by atoms with E-state index in [1.807, 2.05) is 38.5 Å². The molecule has 0 amide bonds. The van der Waals surface area contributed by atoms with Gasteiger partial charge in [0.1, 0.15) is 5.75 Å². The molecule has 2 aromatic rings. The summed E-state index contributed by atoms with van der Waals surface area (Å²) >= 11 is 6.11. The van der Waals surface area contributed by atoms with Gasteiger partial charge in [0, 0.05) is 46.1 Å². The van der Waals surface area contributed by atoms with Gasteiger partial charge in [0.25, 0.3) is 0 Å². The van der Waals surface area contributed by atoms with Crippen LogP contribution in [0.5, 0.6) is 5.75 Å². The maximum Gasteiger partial charge on any atom is 0.193 e. The highest BCUT2D eigenvalue weighted by atomic mass is 127. The van der Waals surface area contributed by atoms with Gasteiger partial charge < -0.3 is 19.5 Å². The summed E-state index contributed by atoms with van der Waals surface area (Å²) in [6.07, 6.45) is 4.34. The lowest BCUT2D eigenvalue weighted by atomic mass is 9.96. The zero-order chi connectivity index (χ0) is 21.5. The topological polar surface area (TPSA) is 45.0 Å². The van der Waals surface area contributed by atoms with Gasteiger partial charge in [-0.25, -0.2) is 0 Å². The molecule has 0 aliphatic carbocycles. The number of halogens is 2. The fraction of sp³-hybridized carbons (Fsp3) is 0.522. The van der Waals surface area contributed by atoms with Gasteiger partial charge in [-0.3, -0.25) is 9.89 Å². The number of hydrogen-bond donors (Lipinski definition) is 1. The molecular formula is C23H35ClIN5O. The van der Waals surface area contributed by atoms with Crippen LogP contribution in [0, 0.1) is 5.92 Å². The van der Waals surface area contributed by atoms with E-state index in [0.717, 1.165) is 55.1 Å². The summed E-state index contributed by atoms with van der Waals surface area (Å²) < 4.78 is 7.30. The predicted octanol–water partition coefficient (Wildman–Crippen LogP) is 4.22. The zero-order valence-electron chi connectivity index (χ0n) is 19.0. The fourth-order valence-corrected chi connectivity index (χ4v) is 4.27. The van der Waals surface area contributed by atoms with E-state index >= 15 is 0 Å². The van der Waals surface area contributed by atoms with Crippen LogP contribution in [0.2, 0.25) is 5.02 Å². The number of piperidine rings is 1. The van der Waals surface area contributed by atoms with Crippen LogP contribution in [0.15, 0.2) is 41.5 Å². The van der Waals surface area contributed by atoms with E-state index in [4.69, 9.17) is 16.3 Å². The Morgan fingerprint density at radius 3 is 2.48 bits per heavy atom. The molecule has 1 N–H and O–H groups in total. The molecule has 0 atom stereocenters. The first-order chi connectivity index (χ1) is 14.5. The number of rotatable bonds is 7. The lowest BCUT2D eigenvalue weighted by Gasteiger charge is -2.33. The summed E-state index contributed by atoms with van der Waals surface area (Å²) in [6.45, 7) is 5.00. The van der Waals surface area contributed by atoms with E-state index in [9.17, 15) is 0 Å². The van der Waals surface area contributed by atoms with Crippen molar-refractivity contribution in [3.05, 3.63) is 52.8 Å². The van der Waals surface area contributed by atoms with Crippen molar-refractivity contribution in [2.24, 2.45) is 18.0 Å². The van der Waals surface area contributed by atoms with E-state index in [1.165, 1.54) is 18.4 Å². The van der Waals surface area contributed by atoms with Crippen LogP contribution in [0.1, 0.15) is 24.1 Å². The number of likely N-dealkylation sites (tertiary alicyclic amines) is 1. The SMILES string of the molecule is CN=C(NCC1CCN(Cc2ccc(OC)cc2)CC1)N(C)Cc1cc(Cl)cn1C.I. The minimum atomic E-state index is 0. The molecule has 1 aromatic heterocycles. The highest BCUT2D eigenvalue weighted by Crippen LogP contribution is 2.20. The first kappa shape index (κ1) is 25.8. The Morgan fingerprint density at radius 2 is 1.94 bits per heavy atom. The van der Waals surface area contributed by atoms with E-state index in [0.29, 0.717) is 5.92 Å². The number of guanidine groups is 1. The monoisotopic (exact) mass is 559 g/mol. The summed E-state index contributed by atoms with van der Waals surface area (Å²) in [5.41, 5.74) is 2.51. The van der Waals surface area contributed by atoms with Crippen LogP contribution in [0.4, 0.5) is 0 Å². The number of nitrogens with zero attached hydrogens (tertiary/aromatic N) is 4. The highest BCUT2D eigenvalue weighted by molar-refractivity contribution is 14.0. The molecule has 172 valence electrons. The second-order valence-electron chi connectivity index (χ2n) is 8.11. The average molecular weight is 560 g/mol. The molecule has 0 spiro atoms. The quantitative estimate of drug-likeness (QED) is 0.313. The highest BCUT2D eigenvalue weighted by Gasteiger charge is 2.20. The second-order valence-corrected chi connectivity index (χ2v) is 8.55. The molecule has 0 saturated carbocycles. The molecular weight excluding hydrogens is 525 g/mol. The van der Waals surface area contributed by atoms with E-state index < -0.39 is 0 Å². The molecule has 1 saturated heterocycles. The smallest absolute Gasteiger partial charge is 0.193 e. The number of hydrogen-bond acceptors (Lipinski definition) is 3. The molecule has 0 unspecified atom stereocenters. The normalized spacial score (nSPS) is 15.5. The van der Waals surface area contributed by atoms with E-state index in [2.05, 4.69) is 43.9 Å². The molecule has 31 heavy (non-hydrogen) atoms. The summed E-state index contributed by atoms with van der Waals surface area (Å²) in [5.74, 6) is 2.51. The first-order valence-electron chi connectivity index (χ1n) is 10.6. The number of ether oxygens (including phenoxy) is 1. The molecule has 0 bridgehead atoms. The van der Waals surface area contributed by atoms with Crippen LogP contribution in [-0.4, -0.2) is 61.2 Å². The van der Waals surface area contributed by atoms with Gasteiger partial charge in [-0.2, -0.15) is 0 Å². The minimum Gasteiger partial charge on any atom is -0.497 e. The standard InChI is InChI=1S/C23H34ClN5O.HI/c1-25-23(28(3)17-21-13-20(24)16-27(21)2)26-14-18-9-11-29(12-10-18)15-19-5-7-22(30-4)8-6-19;/h5-8,13,16,18H,9-12,14-15,17H2,1-4H3,(H,25,26);1H. The average Bonchev–Trinajstić information content (AvgIpc) is 3.06. The number of benzene rings is 1. The third-order valence-corrected chi connectivity index (χ3v) is 6.07. The maximum absolute atomic E-state index is 6.11. The Labute approximate surface area is 208 Å². The number of aliphatic imine (C=N–C) groups is 1. The van der Waals surface area contributed by atoms with Crippen LogP contribution >= 0.6 is 35.6 Å². The Morgan fingerprint density at radius 1 is 1.26 bits per heavy atom. The summed E-state index contributed by atoms with van der Waals surface area (Å²) in [4.78, 5) is 9.14. The van der Waals surface area contributed by atoms with Crippen LogP contribution in [0.3, 0.4) is 0 Å². The van der Waals surface area contributed by atoms with Gasteiger partial charge in [0.2, 0.25) is 0 Å². The van der Waals surface area contributed by atoms with Crippen molar-refractivity contribution >= 4 is 41.5 Å². The van der Waals surface area contributed by atoms with Crippen molar-refractivity contribution in [1.82, 2.24) is 19.7 Å². The molecule has 1 fully saturated rings. The van der Waals surface area contributed by atoms with Crippen molar-refractivity contribution in [2.45, 2.75) is 25.9 Å². The number of nitrogens with one attached hydrogen (secondary N) is 1. The molecule has 3 rings (SSSR count). The summed E-state index contributed by atoms with van der Waals surface area (Å²) in [7, 11) is 7.63. The lowest BCUT2D eigenvalue weighted by molar-refractivity contribution is 0.177. The third kappa shape index (κ3) is 7.57.